The number of hydrogen-bond acceptors (Lipinski definition) is 3. The molecule has 0 bridgehead atoms. The molecule has 0 atom stereocenters. The maximum absolute atomic E-state index is 11.8. The van der Waals surface area contributed by atoms with Crippen LogP contribution in [-0.4, -0.2) is 17.1 Å². The van der Waals surface area contributed by atoms with Crippen LogP contribution in [0.25, 0.3) is 0 Å². The van der Waals surface area contributed by atoms with Gasteiger partial charge in [0.15, 0.2) is 0 Å². The van der Waals surface area contributed by atoms with Crippen molar-refractivity contribution in [3.8, 4) is 0 Å². The van der Waals surface area contributed by atoms with E-state index in [2.05, 4.69) is 22.4 Å². The normalized spacial score (nSPS) is 10.6. The molecule has 0 radical (unpaired) electrons. The number of aromatic nitrogens is 1. The van der Waals surface area contributed by atoms with Gasteiger partial charge in [0.25, 0.3) is 5.91 Å². The molecule has 1 aromatic carbocycles. The van der Waals surface area contributed by atoms with Gasteiger partial charge < -0.3 is 0 Å². The van der Waals surface area contributed by atoms with Crippen LogP contribution in [0.5, 0.6) is 0 Å². The standard InChI is InChI=1S/C15H15N3O/c1-2-12-6-8-13(9-7-12)15(19)18-17-11-14-5-3-4-10-16-14/h3-11H,2H2,1H3,(H,18,19)/b17-11-. The number of amides is 1. The van der Waals surface area contributed by atoms with Gasteiger partial charge in [-0.05, 0) is 36.2 Å². The first-order valence-electron chi connectivity index (χ1n) is 6.13. The lowest BCUT2D eigenvalue weighted by Crippen LogP contribution is -2.17. The molecule has 1 heterocycles. The summed E-state index contributed by atoms with van der Waals surface area (Å²) in [5, 5.41) is 3.87. The third kappa shape index (κ3) is 3.74. The summed E-state index contributed by atoms with van der Waals surface area (Å²) in [6, 6.07) is 13.0. The van der Waals surface area contributed by atoms with E-state index < -0.39 is 0 Å². The maximum atomic E-state index is 11.8. The Labute approximate surface area is 112 Å². The number of rotatable bonds is 4. The van der Waals surface area contributed by atoms with E-state index in [1.165, 1.54) is 11.8 Å². The lowest BCUT2D eigenvalue weighted by molar-refractivity contribution is 0.0955. The van der Waals surface area contributed by atoms with E-state index in [9.17, 15) is 4.79 Å². The molecule has 96 valence electrons. The fraction of sp³-hybridized carbons (Fsp3) is 0.133. The molecule has 2 rings (SSSR count). The first kappa shape index (κ1) is 13.0. The lowest BCUT2D eigenvalue weighted by atomic mass is 10.1. The van der Waals surface area contributed by atoms with Crippen LogP contribution in [0.1, 0.15) is 28.5 Å². The van der Waals surface area contributed by atoms with E-state index in [0.717, 1.165) is 6.42 Å². The summed E-state index contributed by atoms with van der Waals surface area (Å²) < 4.78 is 0. The summed E-state index contributed by atoms with van der Waals surface area (Å²) in [6.07, 6.45) is 4.14. The van der Waals surface area contributed by atoms with Crippen LogP contribution in [-0.2, 0) is 6.42 Å². The highest BCUT2D eigenvalue weighted by Gasteiger charge is 2.03. The van der Waals surface area contributed by atoms with E-state index in [0.29, 0.717) is 11.3 Å². The maximum Gasteiger partial charge on any atom is 0.271 e. The van der Waals surface area contributed by atoms with Crippen molar-refractivity contribution in [3.05, 3.63) is 65.5 Å². The topological polar surface area (TPSA) is 54.4 Å². The summed E-state index contributed by atoms with van der Waals surface area (Å²) in [5.74, 6) is -0.227. The zero-order valence-corrected chi connectivity index (χ0v) is 10.7. The van der Waals surface area contributed by atoms with E-state index in [4.69, 9.17) is 0 Å². The quantitative estimate of drug-likeness (QED) is 0.672. The summed E-state index contributed by atoms with van der Waals surface area (Å²) in [6.45, 7) is 2.08. The number of hydrazone groups is 1. The lowest BCUT2D eigenvalue weighted by Gasteiger charge is -2.01. The number of nitrogens with zero attached hydrogens (tertiary/aromatic N) is 2. The second-order valence-electron chi connectivity index (χ2n) is 4.00. The molecule has 1 N–H and O–H groups in total. The molecule has 0 unspecified atom stereocenters. The van der Waals surface area contributed by atoms with Gasteiger partial charge in [0.2, 0.25) is 0 Å². The predicted octanol–water partition coefficient (Wildman–Crippen LogP) is 2.41. The van der Waals surface area contributed by atoms with Gasteiger partial charge in [0.05, 0.1) is 11.9 Å². The van der Waals surface area contributed by atoms with E-state index in [1.807, 2.05) is 30.3 Å². The highest BCUT2D eigenvalue weighted by atomic mass is 16.2. The van der Waals surface area contributed by atoms with Crippen LogP contribution < -0.4 is 5.43 Å². The van der Waals surface area contributed by atoms with Crippen molar-refractivity contribution in [2.75, 3.05) is 0 Å². The van der Waals surface area contributed by atoms with Gasteiger partial charge in [-0.25, -0.2) is 5.43 Å². The van der Waals surface area contributed by atoms with Gasteiger partial charge in [-0.3, -0.25) is 9.78 Å². The molecule has 1 aromatic heterocycles. The third-order valence-electron chi connectivity index (χ3n) is 2.68. The molecule has 0 aliphatic rings. The molecule has 0 aliphatic carbocycles. The van der Waals surface area contributed by atoms with E-state index >= 15 is 0 Å². The molecular formula is C15H15N3O. The molecular weight excluding hydrogens is 238 g/mol. The van der Waals surface area contributed by atoms with E-state index in [1.54, 1.807) is 18.3 Å². The predicted molar refractivity (Wildman–Crippen MR) is 75.1 cm³/mol. The number of carbonyl (C=O) groups excluding carboxylic acids is 1. The molecule has 0 fully saturated rings. The van der Waals surface area contributed by atoms with Crippen molar-refractivity contribution < 1.29 is 4.79 Å². The van der Waals surface area contributed by atoms with Crippen molar-refractivity contribution in [2.45, 2.75) is 13.3 Å². The van der Waals surface area contributed by atoms with Crippen LogP contribution in [0.15, 0.2) is 53.8 Å². The Hall–Kier alpha value is -2.49. The van der Waals surface area contributed by atoms with Crippen LogP contribution in [0.3, 0.4) is 0 Å². The third-order valence-corrected chi connectivity index (χ3v) is 2.68. The summed E-state index contributed by atoms with van der Waals surface area (Å²) in [7, 11) is 0. The minimum absolute atomic E-state index is 0.227. The minimum atomic E-state index is -0.227. The Bertz CT molecular complexity index is 562. The largest absolute Gasteiger partial charge is 0.271 e. The van der Waals surface area contributed by atoms with Crippen molar-refractivity contribution in [3.63, 3.8) is 0 Å². The van der Waals surface area contributed by atoms with Crippen molar-refractivity contribution in [1.82, 2.24) is 10.4 Å². The SMILES string of the molecule is CCc1ccc(C(=O)N/N=C\c2ccccn2)cc1. The van der Waals surface area contributed by atoms with Gasteiger partial charge in [-0.1, -0.05) is 25.1 Å². The van der Waals surface area contributed by atoms with Crippen LogP contribution in [0, 0.1) is 0 Å². The first-order chi connectivity index (χ1) is 9.29. The van der Waals surface area contributed by atoms with Crippen molar-refractivity contribution >= 4 is 12.1 Å². The molecule has 4 nitrogen and oxygen atoms in total. The molecule has 0 saturated carbocycles. The van der Waals surface area contributed by atoms with Gasteiger partial charge in [0.1, 0.15) is 0 Å². The summed E-state index contributed by atoms with van der Waals surface area (Å²) in [4.78, 5) is 15.9. The Morgan fingerprint density at radius 1 is 1.26 bits per heavy atom. The van der Waals surface area contributed by atoms with Crippen molar-refractivity contribution in [1.29, 1.82) is 0 Å². The average molecular weight is 253 g/mol. The highest BCUT2D eigenvalue weighted by Crippen LogP contribution is 2.04. The number of carbonyl (C=O) groups is 1. The number of nitrogens with one attached hydrogen (secondary N) is 1. The second kappa shape index (κ2) is 6.44. The number of pyridine rings is 1. The van der Waals surface area contributed by atoms with Gasteiger partial charge >= 0.3 is 0 Å². The van der Waals surface area contributed by atoms with Gasteiger partial charge in [0, 0.05) is 11.8 Å². The zero-order valence-electron chi connectivity index (χ0n) is 10.7. The van der Waals surface area contributed by atoms with Crippen LogP contribution >= 0.6 is 0 Å². The Balaban J connectivity index is 1.95. The van der Waals surface area contributed by atoms with Crippen LogP contribution in [0.4, 0.5) is 0 Å². The Kier molecular flexibility index (Phi) is 4.39. The first-order valence-corrected chi connectivity index (χ1v) is 6.13. The fourth-order valence-electron chi connectivity index (χ4n) is 1.57. The molecule has 0 spiro atoms. The fourth-order valence-corrected chi connectivity index (χ4v) is 1.57. The number of hydrogen-bond donors (Lipinski definition) is 1. The monoisotopic (exact) mass is 253 g/mol. The minimum Gasteiger partial charge on any atom is -0.267 e. The smallest absolute Gasteiger partial charge is 0.267 e. The molecule has 19 heavy (non-hydrogen) atoms. The Morgan fingerprint density at radius 2 is 2.05 bits per heavy atom. The van der Waals surface area contributed by atoms with Crippen LogP contribution in [0.2, 0.25) is 0 Å². The molecule has 0 saturated heterocycles. The second-order valence-corrected chi connectivity index (χ2v) is 4.00. The summed E-state index contributed by atoms with van der Waals surface area (Å²) in [5.41, 5.74) is 4.97. The Morgan fingerprint density at radius 3 is 2.68 bits per heavy atom. The zero-order chi connectivity index (χ0) is 13.5. The summed E-state index contributed by atoms with van der Waals surface area (Å²) >= 11 is 0. The van der Waals surface area contributed by atoms with E-state index in [-0.39, 0.29) is 5.91 Å². The molecule has 2 aromatic rings. The highest BCUT2D eigenvalue weighted by molar-refractivity contribution is 5.94. The van der Waals surface area contributed by atoms with Crippen molar-refractivity contribution in [2.24, 2.45) is 5.10 Å². The number of benzene rings is 1. The molecule has 4 heteroatoms. The average Bonchev–Trinajstić information content (AvgIpc) is 2.48. The number of aryl methyl sites for hydroxylation is 1. The van der Waals surface area contributed by atoms with Gasteiger partial charge in [-0.2, -0.15) is 5.10 Å². The molecule has 0 aliphatic heterocycles. The molecule has 1 amide bonds. The van der Waals surface area contributed by atoms with Gasteiger partial charge in [-0.15, -0.1) is 0 Å².